The minimum Gasteiger partial charge on any atom is -0.482 e. The first-order chi connectivity index (χ1) is 13.4. The molecule has 1 aliphatic rings. The number of hydrogen-bond acceptors (Lipinski definition) is 7. The van der Waals surface area contributed by atoms with Crippen LogP contribution < -0.4 is 15.0 Å². The molecule has 1 aromatic heterocycles. The van der Waals surface area contributed by atoms with Crippen LogP contribution >= 0.6 is 11.3 Å². The fourth-order valence-corrected chi connectivity index (χ4v) is 3.85. The van der Waals surface area contributed by atoms with E-state index in [9.17, 15) is 19.7 Å². The maximum absolute atomic E-state index is 12.5. The minimum absolute atomic E-state index is 0.191. The zero-order chi connectivity index (χ0) is 19.8. The number of ether oxygens (including phenoxy) is 1. The third kappa shape index (κ3) is 3.37. The van der Waals surface area contributed by atoms with Gasteiger partial charge in [-0.15, -0.1) is 0 Å². The topological polar surface area (TPSA) is 115 Å². The number of nitro benzene ring substituents is 1. The van der Waals surface area contributed by atoms with Crippen molar-refractivity contribution in [3.05, 3.63) is 52.1 Å². The maximum atomic E-state index is 12.5. The second-order valence-corrected chi connectivity index (χ2v) is 7.25. The molecule has 0 bridgehead atoms. The Balaban J connectivity index is 1.56. The lowest BCUT2D eigenvalue weighted by Crippen LogP contribution is -2.43. The monoisotopic (exact) mass is 398 g/mol. The molecule has 0 spiro atoms. The summed E-state index contributed by atoms with van der Waals surface area (Å²) in [6, 6.07) is 9.71. The third-order valence-corrected chi connectivity index (χ3v) is 5.12. The van der Waals surface area contributed by atoms with Gasteiger partial charge < -0.3 is 10.1 Å². The molecule has 1 aliphatic heterocycles. The summed E-state index contributed by atoms with van der Waals surface area (Å²) in [5.41, 5.74) is 1.87. The van der Waals surface area contributed by atoms with Crippen molar-refractivity contribution in [2.75, 3.05) is 23.4 Å². The first-order valence-corrected chi connectivity index (χ1v) is 9.11. The molecule has 142 valence electrons. The number of fused-ring (bicyclic) bond motifs is 2. The fraction of sp³-hybridized carbons (Fsp3) is 0.167. The minimum atomic E-state index is -0.569. The average Bonchev–Trinajstić information content (AvgIpc) is 3.04. The van der Waals surface area contributed by atoms with Gasteiger partial charge in [0.15, 0.2) is 11.7 Å². The van der Waals surface area contributed by atoms with Crippen LogP contribution in [0.1, 0.15) is 5.56 Å². The van der Waals surface area contributed by atoms with Crippen LogP contribution in [0.4, 0.5) is 16.5 Å². The van der Waals surface area contributed by atoms with Crippen molar-refractivity contribution in [2.45, 2.75) is 6.92 Å². The normalized spacial score (nSPS) is 13.2. The number of aromatic nitrogens is 1. The van der Waals surface area contributed by atoms with E-state index < -0.39 is 16.7 Å². The van der Waals surface area contributed by atoms with Gasteiger partial charge in [-0.05, 0) is 30.7 Å². The van der Waals surface area contributed by atoms with Gasteiger partial charge in [0.2, 0.25) is 5.91 Å². The highest BCUT2D eigenvalue weighted by Gasteiger charge is 2.29. The van der Waals surface area contributed by atoms with Gasteiger partial charge in [-0.25, -0.2) is 4.98 Å². The van der Waals surface area contributed by atoms with Crippen molar-refractivity contribution < 1.29 is 19.2 Å². The van der Waals surface area contributed by atoms with E-state index in [-0.39, 0.29) is 24.5 Å². The number of rotatable bonds is 4. The summed E-state index contributed by atoms with van der Waals surface area (Å²) in [5.74, 6) is -0.597. The molecule has 9 nitrogen and oxygen atoms in total. The van der Waals surface area contributed by atoms with Gasteiger partial charge in [0.1, 0.15) is 12.3 Å². The zero-order valence-corrected chi connectivity index (χ0v) is 15.5. The summed E-state index contributed by atoms with van der Waals surface area (Å²) in [5, 5.41) is 14.1. The van der Waals surface area contributed by atoms with Crippen LogP contribution in [-0.2, 0) is 9.59 Å². The van der Waals surface area contributed by atoms with Crippen molar-refractivity contribution in [3.8, 4) is 5.75 Å². The molecule has 0 saturated heterocycles. The second-order valence-electron chi connectivity index (χ2n) is 6.22. The number of aryl methyl sites for hydroxylation is 1. The van der Waals surface area contributed by atoms with Crippen LogP contribution in [0.25, 0.3) is 10.2 Å². The standard InChI is InChI=1S/C18H14N4O5S/c1-10-2-4-12-15(6-10)28-18(19-12)20-16(23)8-21-13-7-11(22(25)26)3-5-14(13)27-9-17(21)24/h2-7H,8-9H2,1H3,(H,19,20,23). The molecule has 0 saturated carbocycles. The number of nitro groups is 1. The zero-order valence-electron chi connectivity index (χ0n) is 14.7. The number of carbonyl (C=O) groups is 2. The predicted molar refractivity (Wildman–Crippen MR) is 104 cm³/mol. The predicted octanol–water partition coefficient (Wildman–Crippen LogP) is 2.88. The maximum Gasteiger partial charge on any atom is 0.271 e. The van der Waals surface area contributed by atoms with Crippen LogP contribution in [-0.4, -0.2) is 34.9 Å². The molecule has 0 radical (unpaired) electrons. The lowest BCUT2D eigenvalue weighted by Gasteiger charge is -2.28. The van der Waals surface area contributed by atoms with E-state index in [0.29, 0.717) is 10.9 Å². The molecular weight excluding hydrogens is 384 g/mol. The molecular formula is C18H14N4O5S. The highest BCUT2D eigenvalue weighted by molar-refractivity contribution is 7.22. The summed E-state index contributed by atoms with van der Waals surface area (Å²) in [4.78, 5) is 40.7. The quantitative estimate of drug-likeness (QED) is 0.534. The third-order valence-electron chi connectivity index (χ3n) is 4.19. The van der Waals surface area contributed by atoms with E-state index in [1.165, 1.54) is 34.4 Å². The summed E-state index contributed by atoms with van der Waals surface area (Å²) in [6.45, 7) is 1.43. The Labute approximate surface area is 162 Å². The SMILES string of the molecule is Cc1ccc2nc(NC(=O)CN3C(=O)COc4ccc([N+](=O)[O-])cc43)sc2c1. The van der Waals surface area contributed by atoms with Crippen molar-refractivity contribution in [1.29, 1.82) is 0 Å². The van der Waals surface area contributed by atoms with Crippen molar-refractivity contribution >= 4 is 49.9 Å². The van der Waals surface area contributed by atoms with Crippen LogP contribution in [0.15, 0.2) is 36.4 Å². The highest BCUT2D eigenvalue weighted by Crippen LogP contribution is 2.35. The van der Waals surface area contributed by atoms with Crippen molar-refractivity contribution in [1.82, 2.24) is 4.98 Å². The Kier molecular flexibility index (Phi) is 4.40. The Morgan fingerprint density at radius 2 is 2.18 bits per heavy atom. The van der Waals surface area contributed by atoms with Gasteiger partial charge in [-0.2, -0.15) is 0 Å². The fourth-order valence-electron chi connectivity index (χ4n) is 2.87. The Bertz CT molecular complexity index is 1130. The van der Waals surface area contributed by atoms with Gasteiger partial charge in [-0.1, -0.05) is 17.4 Å². The molecule has 4 rings (SSSR count). The molecule has 10 heteroatoms. The molecule has 1 N–H and O–H groups in total. The number of hydrogen-bond donors (Lipinski definition) is 1. The Morgan fingerprint density at radius 1 is 1.36 bits per heavy atom. The van der Waals surface area contributed by atoms with E-state index in [0.717, 1.165) is 15.8 Å². The summed E-state index contributed by atoms with van der Waals surface area (Å²) >= 11 is 1.33. The number of non-ortho nitro benzene ring substituents is 1. The van der Waals surface area contributed by atoms with E-state index >= 15 is 0 Å². The molecule has 0 fully saturated rings. The Hall–Kier alpha value is -3.53. The largest absolute Gasteiger partial charge is 0.482 e. The molecule has 2 aromatic carbocycles. The van der Waals surface area contributed by atoms with E-state index in [1.807, 2.05) is 25.1 Å². The van der Waals surface area contributed by atoms with Crippen LogP contribution in [0.5, 0.6) is 5.75 Å². The highest BCUT2D eigenvalue weighted by atomic mass is 32.1. The van der Waals surface area contributed by atoms with Gasteiger partial charge >= 0.3 is 0 Å². The lowest BCUT2D eigenvalue weighted by atomic mass is 10.2. The van der Waals surface area contributed by atoms with E-state index in [2.05, 4.69) is 10.3 Å². The summed E-state index contributed by atoms with van der Waals surface area (Å²) in [7, 11) is 0. The molecule has 0 aliphatic carbocycles. The van der Waals surface area contributed by atoms with E-state index in [4.69, 9.17) is 4.74 Å². The number of thiazole rings is 1. The average molecular weight is 398 g/mol. The first-order valence-electron chi connectivity index (χ1n) is 8.29. The second kappa shape index (κ2) is 6.89. The smallest absolute Gasteiger partial charge is 0.271 e. The van der Waals surface area contributed by atoms with Crippen molar-refractivity contribution in [2.24, 2.45) is 0 Å². The number of amides is 2. The summed E-state index contributed by atoms with van der Waals surface area (Å²) in [6.07, 6.45) is 0. The van der Waals surface area contributed by atoms with Gasteiger partial charge in [0.25, 0.3) is 11.6 Å². The van der Waals surface area contributed by atoms with Crippen LogP contribution in [0.3, 0.4) is 0 Å². The number of benzene rings is 2. The van der Waals surface area contributed by atoms with Gasteiger partial charge in [-0.3, -0.25) is 24.6 Å². The number of anilines is 2. The molecule has 3 aromatic rings. The molecule has 0 unspecified atom stereocenters. The molecule has 2 amide bonds. The Morgan fingerprint density at radius 3 is 2.96 bits per heavy atom. The van der Waals surface area contributed by atoms with Crippen molar-refractivity contribution in [3.63, 3.8) is 0 Å². The van der Waals surface area contributed by atoms with E-state index in [1.54, 1.807) is 0 Å². The number of nitrogens with one attached hydrogen (secondary N) is 1. The van der Waals surface area contributed by atoms with Gasteiger partial charge in [0, 0.05) is 12.1 Å². The molecule has 28 heavy (non-hydrogen) atoms. The van der Waals surface area contributed by atoms with Crippen LogP contribution in [0.2, 0.25) is 0 Å². The lowest BCUT2D eigenvalue weighted by molar-refractivity contribution is -0.384. The van der Waals surface area contributed by atoms with Crippen LogP contribution in [0, 0.1) is 17.0 Å². The summed E-state index contributed by atoms with van der Waals surface area (Å²) < 4.78 is 6.24. The number of carbonyl (C=O) groups excluding carboxylic acids is 2. The molecule has 2 heterocycles. The number of nitrogens with zero attached hydrogens (tertiary/aromatic N) is 3. The van der Waals surface area contributed by atoms with Gasteiger partial charge in [0.05, 0.1) is 20.8 Å². The first kappa shape index (κ1) is 17.9. The molecule has 0 atom stereocenters.